The van der Waals surface area contributed by atoms with Crippen LogP contribution < -0.4 is 10.1 Å². The van der Waals surface area contributed by atoms with Crippen molar-refractivity contribution in [3.63, 3.8) is 0 Å². The quantitative estimate of drug-likeness (QED) is 0.764. The predicted molar refractivity (Wildman–Crippen MR) is 95.4 cm³/mol. The van der Waals surface area contributed by atoms with Crippen molar-refractivity contribution in [2.45, 2.75) is 20.0 Å². The van der Waals surface area contributed by atoms with Crippen LogP contribution in [0.25, 0.3) is 0 Å². The number of rotatable bonds is 6. The minimum absolute atomic E-state index is 0.147. The minimum atomic E-state index is -1.05. The zero-order valence-corrected chi connectivity index (χ0v) is 15.1. The predicted octanol–water partition coefficient (Wildman–Crippen LogP) is 3.97. The van der Waals surface area contributed by atoms with Crippen molar-refractivity contribution in [3.8, 4) is 5.88 Å². The molecule has 0 bridgehead atoms. The number of hydrogen-bond donors (Lipinski definition) is 1. The van der Waals surface area contributed by atoms with Gasteiger partial charge in [-0.05, 0) is 44.2 Å². The van der Waals surface area contributed by atoms with Gasteiger partial charge in [0, 0.05) is 11.2 Å². The highest BCUT2D eigenvalue weighted by molar-refractivity contribution is 6.36. The van der Waals surface area contributed by atoms with E-state index in [4.69, 9.17) is 32.7 Å². The fraction of sp³-hybridized carbons (Fsp3) is 0.235. The molecule has 0 saturated heterocycles. The van der Waals surface area contributed by atoms with Gasteiger partial charge in [0.1, 0.15) is 5.56 Å². The zero-order chi connectivity index (χ0) is 18.4. The monoisotopic (exact) mass is 382 g/mol. The van der Waals surface area contributed by atoms with E-state index < -0.39 is 18.0 Å². The summed E-state index contributed by atoms with van der Waals surface area (Å²) >= 11 is 11.8. The summed E-state index contributed by atoms with van der Waals surface area (Å²) in [6.45, 7) is 3.58. The van der Waals surface area contributed by atoms with Crippen LogP contribution >= 0.6 is 23.2 Å². The van der Waals surface area contributed by atoms with Crippen LogP contribution in [0.3, 0.4) is 0 Å². The SMILES string of the molecule is CCOc1ncccc1C(=O)O[C@H](C)C(=O)Nc1ccc(Cl)cc1Cl. The molecule has 8 heteroatoms. The van der Waals surface area contributed by atoms with Crippen LogP contribution in [0.2, 0.25) is 10.0 Å². The molecule has 0 fully saturated rings. The number of benzene rings is 1. The molecule has 0 aliphatic heterocycles. The third-order valence-corrected chi connectivity index (χ3v) is 3.66. The summed E-state index contributed by atoms with van der Waals surface area (Å²) in [5, 5.41) is 3.31. The molecule has 0 aliphatic carbocycles. The Hall–Kier alpha value is -2.31. The van der Waals surface area contributed by atoms with Crippen molar-refractivity contribution in [1.82, 2.24) is 4.98 Å². The number of hydrogen-bond acceptors (Lipinski definition) is 5. The maximum absolute atomic E-state index is 12.3. The summed E-state index contributed by atoms with van der Waals surface area (Å²) in [5.41, 5.74) is 0.517. The van der Waals surface area contributed by atoms with Crippen LogP contribution in [-0.2, 0) is 9.53 Å². The summed E-state index contributed by atoms with van der Waals surface area (Å²) in [5.74, 6) is -1.08. The number of aromatic nitrogens is 1. The number of carbonyl (C=O) groups is 2. The van der Waals surface area contributed by atoms with E-state index >= 15 is 0 Å². The average Bonchev–Trinajstić information content (AvgIpc) is 2.58. The lowest BCUT2D eigenvalue weighted by molar-refractivity contribution is -0.123. The first kappa shape index (κ1) is 19.0. The maximum Gasteiger partial charge on any atom is 0.344 e. The van der Waals surface area contributed by atoms with Gasteiger partial charge in [0.05, 0.1) is 17.3 Å². The van der Waals surface area contributed by atoms with E-state index in [0.29, 0.717) is 17.3 Å². The Morgan fingerprint density at radius 2 is 2.04 bits per heavy atom. The van der Waals surface area contributed by atoms with Gasteiger partial charge in [0.2, 0.25) is 5.88 Å². The van der Waals surface area contributed by atoms with Crippen molar-refractivity contribution < 1.29 is 19.1 Å². The van der Waals surface area contributed by atoms with Crippen LogP contribution in [0, 0.1) is 0 Å². The number of anilines is 1. The second kappa shape index (κ2) is 8.69. The van der Waals surface area contributed by atoms with Crippen molar-refractivity contribution in [1.29, 1.82) is 0 Å². The lowest BCUT2D eigenvalue weighted by Crippen LogP contribution is -2.30. The summed E-state index contributed by atoms with van der Waals surface area (Å²) in [4.78, 5) is 28.4. The van der Waals surface area contributed by atoms with Crippen LogP contribution in [0.15, 0.2) is 36.5 Å². The van der Waals surface area contributed by atoms with Crippen LogP contribution in [0.1, 0.15) is 24.2 Å². The number of pyridine rings is 1. The first-order valence-corrected chi connectivity index (χ1v) is 8.22. The van der Waals surface area contributed by atoms with E-state index in [-0.39, 0.29) is 16.5 Å². The number of carbonyl (C=O) groups excluding carboxylic acids is 2. The maximum atomic E-state index is 12.3. The Bertz CT molecular complexity index is 783. The first-order valence-electron chi connectivity index (χ1n) is 7.47. The minimum Gasteiger partial charge on any atom is -0.477 e. The van der Waals surface area contributed by atoms with E-state index in [2.05, 4.69) is 10.3 Å². The second-order valence-electron chi connectivity index (χ2n) is 4.95. The molecule has 132 valence electrons. The van der Waals surface area contributed by atoms with Crippen LogP contribution in [0.4, 0.5) is 5.69 Å². The average molecular weight is 383 g/mol. The highest BCUT2D eigenvalue weighted by atomic mass is 35.5. The van der Waals surface area contributed by atoms with Crippen LogP contribution in [0.5, 0.6) is 5.88 Å². The molecule has 1 N–H and O–H groups in total. The van der Waals surface area contributed by atoms with E-state index in [1.807, 2.05) is 0 Å². The van der Waals surface area contributed by atoms with Gasteiger partial charge in [-0.25, -0.2) is 9.78 Å². The van der Waals surface area contributed by atoms with E-state index in [1.165, 1.54) is 25.3 Å². The largest absolute Gasteiger partial charge is 0.477 e. The second-order valence-corrected chi connectivity index (χ2v) is 5.79. The van der Waals surface area contributed by atoms with Gasteiger partial charge in [0.15, 0.2) is 6.10 Å². The molecular formula is C17H16Cl2N2O4. The Morgan fingerprint density at radius 1 is 1.28 bits per heavy atom. The van der Waals surface area contributed by atoms with Gasteiger partial charge in [-0.3, -0.25) is 4.79 Å². The Labute approximate surface area is 155 Å². The number of nitrogens with one attached hydrogen (secondary N) is 1. The zero-order valence-electron chi connectivity index (χ0n) is 13.6. The number of nitrogens with zero attached hydrogens (tertiary/aromatic N) is 1. The van der Waals surface area contributed by atoms with E-state index in [9.17, 15) is 9.59 Å². The first-order chi connectivity index (χ1) is 11.9. The summed E-state index contributed by atoms with van der Waals surface area (Å²) < 4.78 is 10.5. The molecule has 0 spiro atoms. The highest BCUT2D eigenvalue weighted by Gasteiger charge is 2.22. The van der Waals surface area contributed by atoms with Gasteiger partial charge in [-0.2, -0.15) is 0 Å². The molecule has 25 heavy (non-hydrogen) atoms. The molecule has 0 radical (unpaired) electrons. The molecule has 1 atom stereocenters. The summed E-state index contributed by atoms with van der Waals surface area (Å²) in [6, 6.07) is 7.74. The van der Waals surface area contributed by atoms with Crippen molar-refractivity contribution in [2.75, 3.05) is 11.9 Å². The standard InChI is InChI=1S/C17H16Cl2N2O4/c1-3-24-16-12(5-4-8-20-16)17(23)25-10(2)15(22)21-14-7-6-11(18)9-13(14)19/h4-10H,3H2,1-2H3,(H,21,22)/t10-/m1/s1. The molecule has 2 rings (SSSR count). The van der Waals surface area contributed by atoms with Crippen LogP contribution in [-0.4, -0.2) is 29.6 Å². The van der Waals surface area contributed by atoms with Crippen molar-refractivity contribution in [2.24, 2.45) is 0 Å². The molecule has 0 aliphatic rings. The molecule has 2 aromatic rings. The number of ether oxygens (including phenoxy) is 2. The normalized spacial score (nSPS) is 11.5. The third-order valence-electron chi connectivity index (χ3n) is 3.11. The molecule has 1 heterocycles. The number of amides is 1. The summed E-state index contributed by atoms with van der Waals surface area (Å²) in [6.07, 6.45) is 0.453. The molecule has 0 saturated carbocycles. The van der Waals surface area contributed by atoms with Gasteiger partial charge >= 0.3 is 5.97 Å². The Kier molecular flexibility index (Phi) is 6.61. The number of halogens is 2. The molecule has 6 nitrogen and oxygen atoms in total. The van der Waals surface area contributed by atoms with E-state index in [0.717, 1.165) is 0 Å². The van der Waals surface area contributed by atoms with Crippen molar-refractivity contribution >= 4 is 40.8 Å². The highest BCUT2D eigenvalue weighted by Crippen LogP contribution is 2.25. The molecule has 1 aromatic heterocycles. The van der Waals surface area contributed by atoms with Gasteiger partial charge in [-0.15, -0.1) is 0 Å². The number of esters is 1. The van der Waals surface area contributed by atoms with Gasteiger partial charge in [0.25, 0.3) is 5.91 Å². The molecule has 1 amide bonds. The third kappa shape index (κ3) is 5.08. The lowest BCUT2D eigenvalue weighted by Gasteiger charge is -2.15. The molecular weight excluding hydrogens is 367 g/mol. The van der Waals surface area contributed by atoms with Gasteiger partial charge in [-0.1, -0.05) is 23.2 Å². The van der Waals surface area contributed by atoms with Gasteiger partial charge < -0.3 is 14.8 Å². The smallest absolute Gasteiger partial charge is 0.344 e. The molecule has 1 aromatic carbocycles. The fourth-order valence-corrected chi connectivity index (χ4v) is 2.36. The Balaban J connectivity index is 2.04. The van der Waals surface area contributed by atoms with Crippen molar-refractivity contribution in [3.05, 3.63) is 52.1 Å². The Morgan fingerprint density at radius 3 is 2.72 bits per heavy atom. The fourth-order valence-electron chi connectivity index (χ4n) is 1.90. The van der Waals surface area contributed by atoms with E-state index in [1.54, 1.807) is 25.1 Å². The lowest BCUT2D eigenvalue weighted by atomic mass is 10.2. The summed E-state index contributed by atoms with van der Waals surface area (Å²) in [7, 11) is 0. The topological polar surface area (TPSA) is 77.5 Å². The molecule has 0 unspecified atom stereocenters.